The van der Waals surface area contributed by atoms with Gasteiger partial charge in [0.05, 0.1) is 9.79 Å². The first-order valence-electron chi connectivity index (χ1n) is 3.87. The Hall–Kier alpha value is 0.780. The van der Waals surface area contributed by atoms with Gasteiger partial charge in [0.15, 0.2) is 0 Å². The predicted octanol–water partition coefficient (Wildman–Crippen LogP) is -4.94. The van der Waals surface area contributed by atoms with E-state index in [0.29, 0.717) is 6.07 Å². The zero-order valence-electron chi connectivity index (χ0n) is 11.9. The molecule has 0 saturated carbocycles. The van der Waals surface area contributed by atoms with Crippen LogP contribution in [0.2, 0.25) is 0 Å². The van der Waals surface area contributed by atoms with Gasteiger partial charge in [0, 0.05) is 0 Å². The maximum Gasteiger partial charge on any atom is 1.00 e. The van der Waals surface area contributed by atoms with Crippen molar-refractivity contribution in [1.82, 2.24) is 0 Å². The van der Waals surface area contributed by atoms with Crippen LogP contribution in [0.4, 0.5) is 0 Å². The van der Waals surface area contributed by atoms with Crippen molar-refractivity contribution in [2.45, 2.75) is 9.79 Å². The summed E-state index contributed by atoms with van der Waals surface area (Å²) in [4.78, 5) is -1.25. The summed E-state index contributed by atoms with van der Waals surface area (Å²) in [6, 6.07) is 2.70. The molecule has 2 N–H and O–H groups in total. The molecule has 0 atom stereocenters. The molecular weight excluding hydrogens is 302 g/mol. The maximum atomic E-state index is 10.8. The second kappa shape index (κ2) is 7.53. The summed E-state index contributed by atoms with van der Waals surface area (Å²) in [5.74, 6) is 0. The molecule has 0 aliphatic heterocycles. The minimum Gasteiger partial charge on any atom is -1.00 e. The molecule has 0 unspecified atom stereocenters. The van der Waals surface area contributed by atoms with Crippen LogP contribution in [0.5, 0.6) is 0 Å². The van der Waals surface area contributed by atoms with Crippen LogP contribution in [0.1, 0.15) is 8.42 Å². The first-order chi connectivity index (χ1) is 7.14. The Morgan fingerprint density at radius 1 is 0.944 bits per heavy atom. The van der Waals surface area contributed by atoms with Gasteiger partial charge in [0.2, 0.25) is 0 Å². The predicted molar refractivity (Wildman–Crippen MR) is 58.4 cm³/mol. The number of benzene rings is 1. The van der Waals surface area contributed by atoms with Crippen molar-refractivity contribution < 1.29 is 87.9 Å². The number of rotatable bonds is 3. The Morgan fingerprint density at radius 2 is 1.28 bits per heavy atom. The van der Waals surface area contributed by atoms with Gasteiger partial charge < -0.3 is 2.85 Å². The van der Waals surface area contributed by atoms with Gasteiger partial charge in [0.25, 0.3) is 20.2 Å². The van der Waals surface area contributed by atoms with E-state index in [1.165, 1.54) is 6.08 Å². The van der Waals surface area contributed by atoms with Gasteiger partial charge in [-0.05, 0) is 23.8 Å². The Kier molecular flexibility index (Phi) is 8.82. The van der Waals surface area contributed by atoms with Crippen LogP contribution in [-0.4, -0.2) is 25.9 Å². The zero-order chi connectivity index (χ0) is 12.6. The van der Waals surface area contributed by atoms with Crippen LogP contribution in [0.3, 0.4) is 0 Å². The summed E-state index contributed by atoms with van der Waals surface area (Å²) in [6.45, 7) is 3.32. The van der Waals surface area contributed by atoms with Crippen LogP contribution >= 0.6 is 0 Å². The standard InChI is InChI=1S/C8H8O6S2.2Na.2H/c1-2-6-3-7(15(9,10)11)5-8(4-6)16(12,13)14;;;;/h2-5H,1H2,(H,9,10,11)(H,12,13,14);;;;/q;2*+1;2*-1. The van der Waals surface area contributed by atoms with E-state index in [1.54, 1.807) is 0 Å². The molecule has 0 radical (unpaired) electrons. The quantitative estimate of drug-likeness (QED) is 0.428. The third-order valence-corrected chi connectivity index (χ3v) is 3.40. The molecule has 0 amide bonds. The largest absolute Gasteiger partial charge is 1.00 e. The third kappa shape index (κ3) is 5.83. The zero-order valence-corrected chi connectivity index (χ0v) is 15.5. The molecule has 0 spiro atoms. The van der Waals surface area contributed by atoms with Crippen molar-refractivity contribution in [3.05, 3.63) is 30.3 Å². The second-order valence-corrected chi connectivity index (χ2v) is 5.74. The second-order valence-electron chi connectivity index (χ2n) is 2.89. The summed E-state index contributed by atoms with van der Waals surface area (Å²) in [5, 5.41) is 0. The van der Waals surface area contributed by atoms with Crippen LogP contribution < -0.4 is 59.1 Å². The van der Waals surface area contributed by atoms with E-state index in [2.05, 4.69) is 6.58 Å². The summed E-state index contributed by atoms with van der Waals surface area (Å²) in [5.41, 5.74) is 0.141. The molecular formula is C8H10Na2O6S2. The molecule has 0 aromatic heterocycles. The minimum absolute atomic E-state index is 0. The molecule has 0 saturated heterocycles. The minimum atomic E-state index is -4.54. The molecule has 1 aromatic rings. The number of hydrogen-bond acceptors (Lipinski definition) is 4. The van der Waals surface area contributed by atoms with Gasteiger partial charge in [-0.3, -0.25) is 9.11 Å². The molecule has 1 aromatic carbocycles. The van der Waals surface area contributed by atoms with E-state index in [9.17, 15) is 16.8 Å². The van der Waals surface area contributed by atoms with Crippen LogP contribution in [0, 0.1) is 0 Å². The Morgan fingerprint density at radius 3 is 1.50 bits per heavy atom. The number of hydrogen-bond donors (Lipinski definition) is 2. The van der Waals surface area contributed by atoms with Crippen LogP contribution in [0.15, 0.2) is 34.6 Å². The SMILES string of the molecule is C=Cc1cc(S(=O)(=O)O)cc(S(=O)(=O)O)c1.[H-].[H-].[Na+].[Na+]. The van der Waals surface area contributed by atoms with E-state index in [4.69, 9.17) is 9.11 Å². The van der Waals surface area contributed by atoms with E-state index in [1.807, 2.05) is 0 Å². The molecule has 0 aliphatic carbocycles. The van der Waals surface area contributed by atoms with Gasteiger partial charge in [-0.1, -0.05) is 12.7 Å². The van der Waals surface area contributed by atoms with E-state index in [-0.39, 0.29) is 67.5 Å². The molecule has 0 fully saturated rings. The van der Waals surface area contributed by atoms with Crippen molar-refractivity contribution in [2.24, 2.45) is 0 Å². The van der Waals surface area contributed by atoms with Crippen molar-refractivity contribution in [2.75, 3.05) is 0 Å². The van der Waals surface area contributed by atoms with Crippen molar-refractivity contribution >= 4 is 26.3 Å². The van der Waals surface area contributed by atoms with E-state index >= 15 is 0 Å². The summed E-state index contributed by atoms with van der Waals surface area (Å²) in [6.07, 6.45) is 1.18. The third-order valence-electron chi connectivity index (χ3n) is 1.73. The molecule has 1 rings (SSSR count). The Labute approximate surface area is 153 Å². The fourth-order valence-corrected chi connectivity index (χ4v) is 2.21. The van der Waals surface area contributed by atoms with Crippen molar-refractivity contribution in [1.29, 1.82) is 0 Å². The summed E-state index contributed by atoms with van der Waals surface area (Å²) in [7, 11) is -9.08. The van der Waals surface area contributed by atoms with Gasteiger partial charge >= 0.3 is 59.1 Å². The maximum absolute atomic E-state index is 10.8. The average molecular weight is 312 g/mol. The van der Waals surface area contributed by atoms with E-state index in [0.717, 1.165) is 12.1 Å². The van der Waals surface area contributed by atoms with Crippen molar-refractivity contribution in [3.8, 4) is 0 Å². The monoisotopic (exact) mass is 312 g/mol. The van der Waals surface area contributed by atoms with Crippen molar-refractivity contribution in [3.63, 3.8) is 0 Å². The Bertz CT molecular complexity index is 595. The molecule has 0 bridgehead atoms. The van der Waals surface area contributed by atoms with Crippen LogP contribution in [-0.2, 0) is 20.2 Å². The topological polar surface area (TPSA) is 109 Å². The van der Waals surface area contributed by atoms with Gasteiger partial charge in [-0.15, -0.1) is 0 Å². The summed E-state index contributed by atoms with van der Waals surface area (Å²) >= 11 is 0. The smallest absolute Gasteiger partial charge is 1.00 e. The van der Waals surface area contributed by atoms with Gasteiger partial charge in [0.1, 0.15) is 0 Å². The van der Waals surface area contributed by atoms with Gasteiger partial charge in [-0.25, -0.2) is 0 Å². The average Bonchev–Trinajstić information content (AvgIpc) is 2.14. The fourth-order valence-electron chi connectivity index (χ4n) is 1.01. The molecule has 92 valence electrons. The first-order valence-corrected chi connectivity index (χ1v) is 6.75. The molecule has 10 heteroatoms. The molecule has 0 heterocycles. The normalized spacial score (nSPS) is 11.0. The van der Waals surface area contributed by atoms with Crippen LogP contribution in [0.25, 0.3) is 6.08 Å². The molecule has 0 aliphatic rings. The first kappa shape index (κ1) is 21.1. The molecule has 6 nitrogen and oxygen atoms in total. The van der Waals surface area contributed by atoms with E-state index < -0.39 is 30.0 Å². The summed E-state index contributed by atoms with van der Waals surface area (Å²) < 4.78 is 60.8. The Balaban J connectivity index is -0.000000320. The molecule has 18 heavy (non-hydrogen) atoms. The fraction of sp³-hybridized carbons (Fsp3) is 0. The van der Waals surface area contributed by atoms with Gasteiger partial charge in [-0.2, -0.15) is 16.8 Å².